The minimum atomic E-state index is -3.71. The lowest BCUT2D eigenvalue weighted by molar-refractivity contribution is -0.129. The Hall–Kier alpha value is -0.620. The van der Waals surface area contributed by atoms with Crippen LogP contribution in [0.4, 0.5) is 0 Å². The molecule has 0 aliphatic carbocycles. The van der Waals surface area contributed by atoms with E-state index in [1.807, 2.05) is 6.92 Å². The molecule has 1 N–H and O–H groups in total. The number of amides is 1. The van der Waals surface area contributed by atoms with Crippen LogP contribution in [0.15, 0.2) is 0 Å². The van der Waals surface area contributed by atoms with Crippen LogP contribution >= 0.6 is 0 Å². The first-order valence-electron chi connectivity index (χ1n) is 8.44. The Labute approximate surface area is 137 Å². The fourth-order valence-corrected chi connectivity index (χ4v) is 3.03. The van der Waals surface area contributed by atoms with E-state index in [1.54, 1.807) is 0 Å². The molecule has 0 aliphatic rings. The molecule has 1 amide bonds. The van der Waals surface area contributed by atoms with Crippen LogP contribution in [0.3, 0.4) is 0 Å². The van der Waals surface area contributed by atoms with Crippen molar-refractivity contribution in [2.24, 2.45) is 5.41 Å². The number of rotatable bonds is 12. The van der Waals surface area contributed by atoms with Crippen LogP contribution in [0.25, 0.3) is 0 Å². The molecule has 0 fully saturated rings. The number of hydrogen-bond acceptors (Lipinski definition) is 3. The quantitative estimate of drug-likeness (QED) is 0.556. The predicted octanol–water partition coefficient (Wildman–Crippen LogP) is 3.47. The SMILES string of the molecule is CCCCCCCC(C)(CCCC)C(=O)NS(=O)(=O)N(C)C. The fourth-order valence-electron chi connectivity index (χ4n) is 2.37. The number of nitrogens with zero attached hydrogens (tertiary/aromatic N) is 1. The molecule has 0 spiro atoms. The van der Waals surface area contributed by atoms with Crippen LogP contribution in [-0.2, 0) is 15.0 Å². The zero-order chi connectivity index (χ0) is 17.2. The van der Waals surface area contributed by atoms with Gasteiger partial charge in [-0.05, 0) is 12.8 Å². The molecule has 0 bridgehead atoms. The average Bonchev–Trinajstić information content (AvgIpc) is 2.44. The van der Waals surface area contributed by atoms with Crippen LogP contribution in [-0.4, -0.2) is 32.7 Å². The molecule has 1 unspecified atom stereocenters. The van der Waals surface area contributed by atoms with Gasteiger partial charge in [0.2, 0.25) is 5.91 Å². The van der Waals surface area contributed by atoms with Crippen molar-refractivity contribution in [1.82, 2.24) is 9.03 Å². The standard InChI is InChI=1S/C16H34N2O3S/c1-6-8-10-11-12-14-16(3,13-9-7-2)15(19)17-22(20,21)18(4)5/h6-14H2,1-5H3,(H,17,19). The molecule has 0 rings (SSSR count). The Morgan fingerprint density at radius 2 is 1.45 bits per heavy atom. The van der Waals surface area contributed by atoms with Crippen molar-refractivity contribution < 1.29 is 13.2 Å². The molecule has 6 heteroatoms. The summed E-state index contributed by atoms with van der Waals surface area (Å²) < 4.78 is 27.0. The van der Waals surface area contributed by atoms with Crippen molar-refractivity contribution in [2.75, 3.05) is 14.1 Å². The highest BCUT2D eigenvalue weighted by atomic mass is 32.2. The number of nitrogens with one attached hydrogen (secondary N) is 1. The number of carbonyl (C=O) groups excluding carboxylic acids is 1. The van der Waals surface area contributed by atoms with Gasteiger partial charge in [0, 0.05) is 19.5 Å². The summed E-state index contributed by atoms with van der Waals surface area (Å²) in [6.07, 6.45) is 9.05. The van der Waals surface area contributed by atoms with Gasteiger partial charge in [0.05, 0.1) is 0 Å². The van der Waals surface area contributed by atoms with Gasteiger partial charge in [-0.15, -0.1) is 0 Å². The molecule has 132 valence electrons. The molecule has 0 aromatic rings. The maximum absolute atomic E-state index is 12.5. The molecule has 1 atom stereocenters. The molecule has 0 aromatic heterocycles. The smallest absolute Gasteiger partial charge is 0.273 e. The molecule has 0 aliphatic heterocycles. The minimum absolute atomic E-state index is 0.370. The second-order valence-electron chi connectivity index (χ2n) is 6.55. The van der Waals surface area contributed by atoms with Crippen LogP contribution in [0.5, 0.6) is 0 Å². The van der Waals surface area contributed by atoms with E-state index in [1.165, 1.54) is 33.4 Å². The molecule has 0 heterocycles. The lowest BCUT2D eigenvalue weighted by Gasteiger charge is -2.29. The van der Waals surface area contributed by atoms with E-state index in [0.717, 1.165) is 42.8 Å². The normalized spacial score (nSPS) is 14.8. The van der Waals surface area contributed by atoms with Gasteiger partial charge >= 0.3 is 10.2 Å². The summed E-state index contributed by atoms with van der Waals surface area (Å²) in [4.78, 5) is 12.5. The summed E-state index contributed by atoms with van der Waals surface area (Å²) in [7, 11) is -0.870. The third-order valence-electron chi connectivity index (χ3n) is 4.16. The zero-order valence-electron chi connectivity index (χ0n) is 14.9. The van der Waals surface area contributed by atoms with Crippen LogP contribution in [0, 0.1) is 5.41 Å². The summed E-state index contributed by atoms with van der Waals surface area (Å²) in [5.41, 5.74) is -0.606. The van der Waals surface area contributed by atoms with Gasteiger partial charge in [-0.2, -0.15) is 12.7 Å². The van der Waals surface area contributed by atoms with Crippen LogP contribution in [0.2, 0.25) is 0 Å². The molecule has 0 saturated heterocycles. The summed E-state index contributed by atoms with van der Waals surface area (Å²) in [5.74, 6) is -0.370. The largest absolute Gasteiger partial charge is 0.303 e. The monoisotopic (exact) mass is 334 g/mol. The van der Waals surface area contributed by atoms with E-state index in [-0.39, 0.29) is 5.91 Å². The van der Waals surface area contributed by atoms with Crippen molar-refractivity contribution in [3.63, 3.8) is 0 Å². The maximum Gasteiger partial charge on any atom is 0.303 e. The van der Waals surface area contributed by atoms with Gasteiger partial charge in [0.15, 0.2) is 0 Å². The minimum Gasteiger partial charge on any atom is -0.273 e. The molecular weight excluding hydrogens is 300 g/mol. The van der Waals surface area contributed by atoms with Crippen LogP contribution < -0.4 is 4.72 Å². The highest BCUT2D eigenvalue weighted by Gasteiger charge is 2.34. The van der Waals surface area contributed by atoms with Crippen molar-refractivity contribution in [1.29, 1.82) is 0 Å². The number of carbonyl (C=O) groups is 1. The summed E-state index contributed by atoms with van der Waals surface area (Å²) in [5, 5.41) is 0. The molecule has 5 nitrogen and oxygen atoms in total. The van der Waals surface area contributed by atoms with E-state index in [9.17, 15) is 13.2 Å². The zero-order valence-corrected chi connectivity index (χ0v) is 15.8. The Morgan fingerprint density at radius 1 is 0.955 bits per heavy atom. The highest BCUT2D eigenvalue weighted by Crippen LogP contribution is 2.31. The molecule has 0 aromatic carbocycles. The number of hydrogen-bond donors (Lipinski definition) is 1. The summed E-state index contributed by atoms with van der Waals surface area (Å²) >= 11 is 0. The first-order valence-corrected chi connectivity index (χ1v) is 9.88. The second kappa shape index (κ2) is 10.2. The maximum atomic E-state index is 12.5. The Bertz CT molecular complexity index is 421. The third kappa shape index (κ3) is 7.58. The van der Waals surface area contributed by atoms with Crippen LogP contribution in [0.1, 0.15) is 78.6 Å². The second-order valence-corrected chi connectivity index (χ2v) is 8.43. The van der Waals surface area contributed by atoms with Gasteiger partial charge in [0.25, 0.3) is 0 Å². The van der Waals surface area contributed by atoms with E-state index < -0.39 is 15.6 Å². The van der Waals surface area contributed by atoms with Crippen molar-refractivity contribution >= 4 is 16.1 Å². The van der Waals surface area contributed by atoms with Crippen molar-refractivity contribution in [2.45, 2.75) is 78.6 Å². The Morgan fingerprint density at radius 3 is 1.95 bits per heavy atom. The third-order valence-corrected chi connectivity index (χ3v) is 5.57. The lowest BCUT2D eigenvalue weighted by Crippen LogP contribution is -2.46. The van der Waals surface area contributed by atoms with E-state index in [2.05, 4.69) is 18.6 Å². The molecule has 22 heavy (non-hydrogen) atoms. The fraction of sp³-hybridized carbons (Fsp3) is 0.938. The first kappa shape index (κ1) is 21.4. The predicted molar refractivity (Wildman–Crippen MR) is 91.8 cm³/mol. The van der Waals surface area contributed by atoms with Gasteiger partial charge in [-0.25, -0.2) is 4.72 Å². The van der Waals surface area contributed by atoms with Crippen molar-refractivity contribution in [3.8, 4) is 0 Å². The molecule has 0 saturated carbocycles. The van der Waals surface area contributed by atoms with Gasteiger partial charge in [-0.1, -0.05) is 65.7 Å². The summed E-state index contributed by atoms with van der Waals surface area (Å²) in [6.45, 7) is 6.14. The highest BCUT2D eigenvalue weighted by molar-refractivity contribution is 7.87. The number of unbranched alkanes of at least 4 members (excludes halogenated alkanes) is 5. The first-order chi connectivity index (χ1) is 10.2. The Balaban J connectivity index is 4.74. The van der Waals surface area contributed by atoms with Gasteiger partial charge in [-0.3, -0.25) is 4.79 Å². The molecular formula is C16H34N2O3S. The van der Waals surface area contributed by atoms with Gasteiger partial charge < -0.3 is 0 Å². The Kier molecular flexibility index (Phi) is 9.92. The summed E-state index contributed by atoms with van der Waals surface area (Å²) in [6, 6.07) is 0. The molecule has 0 radical (unpaired) electrons. The van der Waals surface area contributed by atoms with E-state index in [0.29, 0.717) is 0 Å². The van der Waals surface area contributed by atoms with E-state index >= 15 is 0 Å². The van der Waals surface area contributed by atoms with Gasteiger partial charge in [0.1, 0.15) is 0 Å². The van der Waals surface area contributed by atoms with E-state index in [4.69, 9.17) is 0 Å². The topological polar surface area (TPSA) is 66.5 Å². The average molecular weight is 335 g/mol. The lowest BCUT2D eigenvalue weighted by atomic mass is 9.79. The van der Waals surface area contributed by atoms with Crippen molar-refractivity contribution in [3.05, 3.63) is 0 Å².